The van der Waals surface area contributed by atoms with E-state index in [1.54, 1.807) is 11.6 Å². The molecule has 0 saturated carbocycles. The van der Waals surface area contributed by atoms with Crippen molar-refractivity contribution < 1.29 is 9.84 Å². The molecule has 4 aromatic rings. The van der Waals surface area contributed by atoms with Gasteiger partial charge in [-0.25, -0.2) is 4.98 Å². The number of aryl methyl sites for hydroxylation is 1. The fraction of sp³-hybridized carbons (Fsp3) is 0.407. The Kier molecular flexibility index (Phi) is 6.67. The highest BCUT2D eigenvalue weighted by atomic mass is 32.1. The van der Waals surface area contributed by atoms with E-state index in [1.165, 1.54) is 28.2 Å². The second-order valence-corrected chi connectivity index (χ2v) is 10.3. The minimum Gasteiger partial charge on any atom is -0.497 e. The molecule has 8 heteroatoms. The van der Waals surface area contributed by atoms with Crippen molar-refractivity contribution in [3.8, 4) is 11.6 Å². The highest BCUT2D eigenvalue weighted by Gasteiger charge is 2.32. The molecule has 0 radical (unpaired) electrons. The molecule has 1 atom stereocenters. The summed E-state index contributed by atoms with van der Waals surface area (Å²) >= 11 is 1.54. The highest BCUT2D eigenvalue weighted by Crippen LogP contribution is 2.40. The summed E-state index contributed by atoms with van der Waals surface area (Å²) in [7, 11) is 1.69. The normalized spacial score (nSPS) is 15.7. The van der Waals surface area contributed by atoms with Gasteiger partial charge in [0.2, 0.25) is 10.8 Å². The number of aromatic hydroxyl groups is 1. The number of hydrogen-bond donors (Lipinski definition) is 1. The fourth-order valence-corrected chi connectivity index (χ4v) is 5.88. The van der Waals surface area contributed by atoms with E-state index in [0.29, 0.717) is 5.92 Å². The zero-order valence-electron chi connectivity index (χ0n) is 20.8. The van der Waals surface area contributed by atoms with Gasteiger partial charge in [-0.15, -0.1) is 5.10 Å². The molecule has 1 N–H and O–H groups in total. The predicted octanol–water partition coefficient (Wildman–Crippen LogP) is 5.10. The summed E-state index contributed by atoms with van der Waals surface area (Å²) in [5.41, 5.74) is 3.70. The minimum absolute atomic E-state index is 0.0483. The lowest BCUT2D eigenvalue weighted by molar-refractivity contribution is 0.211. The molecule has 5 rings (SSSR count). The van der Waals surface area contributed by atoms with Gasteiger partial charge >= 0.3 is 0 Å². The number of piperazine rings is 1. The average molecular weight is 492 g/mol. The standard InChI is InChI=1S/C27H33N5O2S/c1-5-23-28-27-32(29-23)26(33)25(35-27)24(20-8-6-19(7-9-20)18(2)3)31-16-14-30(15-17-31)21-10-12-22(34-4)13-11-21/h6-13,18,24,33H,5,14-17H2,1-4H3/t24-/m1/s1. The van der Waals surface area contributed by atoms with E-state index < -0.39 is 0 Å². The highest BCUT2D eigenvalue weighted by molar-refractivity contribution is 7.17. The van der Waals surface area contributed by atoms with Crippen molar-refractivity contribution in [2.45, 2.75) is 39.2 Å². The molecule has 1 fully saturated rings. The summed E-state index contributed by atoms with van der Waals surface area (Å²) in [6.45, 7) is 10.0. The molecule has 0 unspecified atom stereocenters. The van der Waals surface area contributed by atoms with Crippen molar-refractivity contribution in [3.63, 3.8) is 0 Å². The van der Waals surface area contributed by atoms with Crippen LogP contribution in [0.3, 0.4) is 0 Å². The molecular weight excluding hydrogens is 458 g/mol. The molecular formula is C27H33N5O2S. The van der Waals surface area contributed by atoms with Gasteiger partial charge < -0.3 is 14.7 Å². The molecule has 2 aromatic heterocycles. The topological polar surface area (TPSA) is 66.1 Å². The van der Waals surface area contributed by atoms with Crippen LogP contribution in [0, 0.1) is 0 Å². The van der Waals surface area contributed by atoms with Gasteiger partial charge in [-0.05, 0) is 41.3 Å². The van der Waals surface area contributed by atoms with E-state index in [0.717, 1.165) is 54.0 Å². The molecule has 35 heavy (non-hydrogen) atoms. The lowest BCUT2D eigenvalue weighted by Crippen LogP contribution is -2.47. The first kappa shape index (κ1) is 23.6. The van der Waals surface area contributed by atoms with Crippen LogP contribution in [0.5, 0.6) is 11.6 Å². The minimum atomic E-state index is -0.0483. The summed E-state index contributed by atoms with van der Waals surface area (Å²) in [5, 5.41) is 15.7. The molecule has 0 bridgehead atoms. The van der Waals surface area contributed by atoms with Gasteiger partial charge in [0.25, 0.3) is 0 Å². The Hall–Kier alpha value is -3.10. The number of methoxy groups -OCH3 is 1. The summed E-state index contributed by atoms with van der Waals surface area (Å²) in [6.07, 6.45) is 0.747. The number of nitrogens with zero attached hydrogens (tertiary/aromatic N) is 5. The number of rotatable bonds is 7. The number of ether oxygens (including phenoxy) is 1. The van der Waals surface area contributed by atoms with Crippen LogP contribution < -0.4 is 9.64 Å². The average Bonchev–Trinajstić information content (AvgIpc) is 3.44. The van der Waals surface area contributed by atoms with Crippen molar-refractivity contribution in [1.82, 2.24) is 19.5 Å². The summed E-state index contributed by atoms with van der Waals surface area (Å²) in [6, 6.07) is 17.1. The lowest BCUT2D eigenvalue weighted by Gasteiger charge is -2.40. The van der Waals surface area contributed by atoms with Gasteiger partial charge in [-0.1, -0.05) is 56.4 Å². The van der Waals surface area contributed by atoms with Crippen LogP contribution in [0.2, 0.25) is 0 Å². The predicted molar refractivity (Wildman–Crippen MR) is 141 cm³/mol. The number of benzene rings is 2. The first-order valence-corrected chi connectivity index (χ1v) is 13.1. The maximum atomic E-state index is 11.2. The summed E-state index contributed by atoms with van der Waals surface area (Å²) < 4.78 is 6.91. The Morgan fingerprint density at radius 2 is 1.63 bits per heavy atom. The van der Waals surface area contributed by atoms with Gasteiger partial charge in [-0.2, -0.15) is 4.52 Å². The lowest BCUT2D eigenvalue weighted by atomic mass is 9.97. The Bertz CT molecular complexity index is 1270. The Balaban J connectivity index is 1.45. The van der Waals surface area contributed by atoms with Crippen molar-refractivity contribution in [2.24, 2.45) is 0 Å². The monoisotopic (exact) mass is 491 g/mol. The zero-order chi connectivity index (χ0) is 24.5. The van der Waals surface area contributed by atoms with Crippen molar-refractivity contribution in [3.05, 3.63) is 70.4 Å². The molecule has 0 spiro atoms. The first-order chi connectivity index (χ1) is 17.0. The molecule has 1 saturated heterocycles. The van der Waals surface area contributed by atoms with Gasteiger partial charge in [-0.3, -0.25) is 4.90 Å². The van der Waals surface area contributed by atoms with Crippen molar-refractivity contribution >= 4 is 22.0 Å². The molecule has 0 amide bonds. The van der Waals surface area contributed by atoms with Crippen LogP contribution in [0.15, 0.2) is 48.5 Å². The quantitative estimate of drug-likeness (QED) is 0.388. The first-order valence-electron chi connectivity index (χ1n) is 12.3. The largest absolute Gasteiger partial charge is 0.497 e. The molecule has 2 aromatic carbocycles. The van der Waals surface area contributed by atoms with E-state index in [1.807, 2.05) is 19.1 Å². The molecule has 1 aliphatic heterocycles. The zero-order valence-corrected chi connectivity index (χ0v) is 21.6. The number of thiazole rings is 1. The second kappa shape index (κ2) is 9.87. The smallest absolute Gasteiger partial charge is 0.230 e. The van der Waals surface area contributed by atoms with Crippen LogP contribution in [-0.2, 0) is 6.42 Å². The maximum absolute atomic E-state index is 11.2. The third kappa shape index (κ3) is 4.60. The number of fused-ring (bicyclic) bond motifs is 1. The van der Waals surface area contributed by atoms with E-state index >= 15 is 0 Å². The van der Waals surface area contributed by atoms with Crippen LogP contribution in [0.4, 0.5) is 5.69 Å². The van der Waals surface area contributed by atoms with Crippen molar-refractivity contribution in [2.75, 3.05) is 38.2 Å². The van der Waals surface area contributed by atoms with E-state index in [4.69, 9.17) is 4.74 Å². The number of hydrogen-bond acceptors (Lipinski definition) is 7. The van der Waals surface area contributed by atoms with Crippen LogP contribution in [-0.4, -0.2) is 57.9 Å². The van der Waals surface area contributed by atoms with Crippen LogP contribution >= 0.6 is 11.3 Å². The molecule has 184 valence electrons. The molecule has 0 aliphatic carbocycles. The Labute approximate surface area is 210 Å². The molecule has 7 nitrogen and oxygen atoms in total. The fourth-order valence-electron chi connectivity index (χ4n) is 4.74. The second-order valence-electron chi connectivity index (χ2n) is 9.31. The van der Waals surface area contributed by atoms with Crippen LogP contribution in [0.25, 0.3) is 4.96 Å². The Morgan fingerprint density at radius 3 is 2.20 bits per heavy atom. The van der Waals surface area contributed by atoms with E-state index in [2.05, 4.69) is 70.1 Å². The number of anilines is 1. The van der Waals surface area contributed by atoms with Gasteiger partial charge in [0.1, 0.15) is 5.75 Å². The Morgan fingerprint density at radius 1 is 0.971 bits per heavy atom. The van der Waals surface area contributed by atoms with E-state index in [9.17, 15) is 5.11 Å². The number of aromatic nitrogens is 3. The third-order valence-electron chi connectivity index (χ3n) is 6.84. The van der Waals surface area contributed by atoms with Gasteiger partial charge in [0, 0.05) is 38.3 Å². The molecule has 1 aliphatic rings. The van der Waals surface area contributed by atoms with Gasteiger partial charge in [0.15, 0.2) is 5.82 Å². The third-order valence-corrected chi connectivity index (χ3v) is 7.92. The summed E-state index contributed by atoms with van der Waals surface area (Å²) in [4.78, 5) is 11.1. The van der Waals surface area contributed by atoms with Gasteiger partial charge in [0.05, 0.1) is 18.0 Å². The molecule has 3 heterocycles. The van der Waals surface area contributed by atoms with Crippen molar-refractivity contribution in [1.29, 1.82) is 0 Å². The summed E-state index contributed by atoms with van der Waals surface area (Å²) in [5.74, 6) is 2.30. The van der Waals surface area contributed by atoms with Crippen LogP contribution in [0.1, 0.15) is 54.6 Å². The maximum Gasteiger partial charge on any atom is 0.230 e. The van der Waals surface area contributed by atoms with E-state index in [-0.39, 0.29) is 11.9 Å². The SMILES string of the molecule is CCc1nc2sc([C@@H](c3ccc(C(C)C)cc3)N3CCN(c4ccc(OC)cc4)CC3)c(O)n2n1.